The molecule has 0 spiro atoms. The third-order valence-electron chi connectivity index (χ3n) is 2.01. The largest absolute Gasteiger partial charge is 0.482 e. The quantitative estimate of drug-likeness (QED) is 0.739. The average Bonchev–Trinajstić information content (AvgIpc) is 2.18. The number of allylic oxidation sites excluding steroid dienone is 2. The van der Waals surface area contributed by atoms with Gasteiger partial charge in [0.25, 0.3) is 0 Å². The summed E-state index contributed by atoms with van der Waals surface area (Å²) in [6, 6.07) is 0. The highest BCUT2D eigenvalue weighted by Gasteiger charge is 2.10. The summed E-state index contributed by atoms with van der Waals surface area (Å²) in [5, 5.41) is 6.56. The van der Waals surface area contributed by atoms with Gasteiger partial charge in [0.2, 0.25) is 5.88 Å². The number of methoxy groups -OCH3 is 1. The van der Waals surface area contributed by atoms with Crippen LogP contribution in [0.3, 0.4) is 0 Å². The zero-order valence-electron chi connectivity index (χ0n) is 8.69. The fraction of sp³-hybridized carbons (Fsp3) is 0.600. The Hall–Kier alpha value is -0.480. The van der Waals surface area contributed by atoms with E-state index < -0.39 is 0 Å². The minimum absolute atomic E-state index is 0.809. The Balaban J connectivity index is 2.45. The summed E-state index contributed by atoms with van der Waals surface area (Å²) in [4.78, 5) is 0. The van der Waals surface area contributed by atoms with E-state index in [4.69, 9.17) is 4.74 Å². The summed E-state index contributed by atoms with van der Waals surface area (Å²) in [6.45, 7) is 5.02. The van der Waals surface area contributed by atoms with Gasteiger partial charge < -0.3 is 15.4 Å². The molecule has 0 aromatic carbocycles. The van der Waals surface area contributed by atoms with E-state index in [0.717, 1.165) is 30.0 Å². The number of halogens is 1. The third kappa shape index (κ3) is 3.35. The Morgan fingerprint density at radius 2 is 2.43 bits per heavy atom. The van der Waals surface area contributed by atoms with E-state index in [-0.39, 0.29) is 0 Å². The maximum absolute atomic E-state index is 5.13. The summed E-state index contributed by atoms with van der Waals surface area (Å²) in [7, 11) is 1.66. The molecule has 4 heteroatoms. The molecule has 0 radical (unpaired) electrons. The van der Waals surface area contributed by atoms with E-state index in [0.29, 0.717) is 0 Å². The molecule has 0 bridgehead atoms. The Bertz CT molecular complexity index is 249. The normalized spacial score (nSPS) is 16.4. The molecule has 0 unspecified atom stereocenters. The fourth-order valence-electron chi connectivity index (χ4n) is 1.28. The molecule has 1 heterocycles. The third-order valence-corrected chi connectivity index (χ3v) is 2.60. The number of nitrogens with one attached hydrogen (secondary N) is 2. The minimum atomic E-state index is 0.809. The van der Waals surface area contributed by atoms with Gasteiger partial charge in [0.15, 0.2) is 0 Å². The predicted octanol–water partition coefficient (Wildman–Crippen LogP) is 1.73. The Labute approximate surface area is 93.7 Å². The van der Waals surface area contributed by atoms with Crippen molar-refractivity contribution >= 4 is 15.9 Å². The van der Waals surface area contributed by atoms with Crippen LogP contribution in [0.25, 0.3) is 0 Å². The number of hydrogen-bond acceptors (Lipinski definition) is 3. The highest BCUT2D eigenvalue weighted by molar-refractivity contribution is 9.11. The maximum Gasteiger partial charge on any atom is 0.201 e. The molecule has 1 aliphatic heterocycles. The number of rotatable bonds is 5. The van der Waals surface area contributed by atoms with Crippen LogP contribution in [0, 0.1) is 0 Å². The second kappa shape index (κ2) is 6.09. The van der Waals surface area contributed by atoms with Crippen LogP contribution in [0.2, 0.25) is 0 Å². The highest BCUT2D eigenvalue weighted by atomic mass is 79.9. The first-order valence-electron chi connectivity index (χ1n) is 4.85. The Morgan fingerprint density at radius 3 is 3.00 bits per heavy atom. The molecular formula is C10H17BrN2O. The lowest BCUT2D eigenvalue weighted by Crippen LogP contribution is -2.28. The lowest BCUT2D eigenvalue weighted by molar-refractivity contribution is 0.261. The van der Waals surface area contributed by atoms with Crippen molar-refractivity contribution in [3.8, 4) is 0 Å². The van der Waals surface area contributed by atoms with Gasteiger partial charge in [0.1, 0.15) is 0 Å². The first kappa shape index (κ1) is 11.6. The standard InChI is InChI=1S/C10H17BrN2O/c1-3-4-12-6-8-5-9(11)10(14-2)13-7-8/h5,12-13H,3-4,6-7H2,1-2H3. The number of dihydropyridines is 1. The summed E-state index contributed by atoms with van der Waals surface area (Å²) >= 11 is 3.45. The fourth-order valence-corrected chi connectivity index (χ4v) is 1.91. The van der Waals surface area contributed by atoms with Gasteiger partial charge in [-0.05, 0) is 40.5 Å². The van der Waals surface area contributed by atoms with Crippen molar-refractivity contribution in [2.75, 3.05) is 26.7 Å². The second-order valence-electron chi connectivity index (χ2n) is 3.21. The van der Waals surface area contributed by atoms with Crippen molar-refractivity contribution < 1.29 is 4.74 Å². The van der Waals surface area contributed by atoms with Crippen LogP contribution in [0.1, 0.15) is 13.3 Å². The molecule has 0 saturated carbocycles. The number of ether oxygens (including phenoxy) is 1. The maximum atomic E-state index is 5.13. The average molecular weight is 261 g/mol. The smallest absolute Gasteiger partial charge is 0.201 e. The van der Waals surface area contributed by atoms with Gasteiger partial charge in [-0.3, -0.25) is 0 Å². The first-order valence-corrected chi connectivity index (χ1v) is 5.65. The number of hydrogen-bond donors (Lipinski definition) is 2. The molecule has 0 saturated heterocycles. The van der Waals surface area contributed by atoms with Gasteiger partial charge in [-0.15, -0.1) is 0 Å². The van der Waals surface area contributed by atoms with E-state index in [1.54, 1.807) is 7.11 Å². The van der Waals surface area contributed by atoms with Crippen molar-refractivity contribution in [1.82, 2.24) is 10.6 Å². The molecule has 0 atom stereocenters. The molecule has 0 amide bonds. The molecule has 0 aromatic rings. The van der Waals surface area contributed by atoms with E-state index in [2.05, 4.69) is 39.6 Å². The van der Waals surface area contributed by atoms with Gasteiger partial charge in [-0.1, -0.05) is 6.92 Å². The summed E-state index contributed by atoms with van der Waals surface area (Å²) in [5.74, 6) is 0.809. The molecule has 2 N–H and O–H groups in total. The summed E-state index contributed by atoms with van der Waals surface area (Å²) < 4.78 is 6.12. The monoisotopic (exact) mass is 260 g/mol. The van der Waals surface area contributed by atoms with Crippen molar-refractivity contribution in [2.24, 2.45) is 0 Å². The van der Waals surface area contributed by atoms with Crippen LogP contribution in [0.15, 0.2) is 22.0 Å². The highest BCUT2D eigenvalue weighted by Crippen LogP contribution is 2.18. The zero-order chi connectivity index (χ0) is 10.4. The summed E-state index contributed by atoms with van der Waals surface area (Å²) in [5.41, 5.74) is 1.34. The van der Waals surface area contributed by atoms with Crippen molar-refractivity contribution in [2.45, 2.75) is 13.3 Å². The molecule has 0 aliphatic carbocycles. The van der Waals surface area contributed by atoms with Gasteiger partial charge in [-0.25, -0.2) is 0 Å². The lowest BCUT2D eigenvalue weighted by Gasteiger charge is -2.18. The van der Waals surface area contributed by atoms with Gasteiger partial charge in [0.05, 0.1) is 11.6 Å². The van der Waals surface area contributed by atoms with Gasteiger partial charge in [0, 0.05) is 13.1 Å². The molecule has 14 heavy (non-hydrogen) atoms. The van der Waals surface area contributed by atoms with Crippen LogP contribution < -0.4 is 10.6 Å². The first-order chi connectivity index (χ1) is 6.77. The topological polar surface area (TPSA) is 33.3 Å². The van der Waals surface area contributed by atoms with E-state index in [1.165, 1.54) is 12.0 Å². The van der Waals surface area contributed by atoms with E-state index in [9.17, 15) is 0 Å². The molecule has 1 aliphatic rings. The molecule has 0 aromatic heterocycles. The van der Waals surface area contributed by atoms with Crippen LogP contribution in [0.4, 0.5) is 0 Å². The SMILES string of the molecule is CCCNCC1=CC(Br)=C(OC)NC1. The molecule has 3 nitrogen and oxygen atoms in total. The van der Waals surface area contributed by atoms with Crippen LogP contribution in [-0.2, 0) is 4.74 Å². The van der Waals surface area contributed by atoms with Crippen molar-refractivity contribution in [1.29, 1.82) is 0 Å². The van der Waals surface area contributed by atoms with Gasteiger partial charge in [-0.2, -0.15) is 0 Å². The molecule has 0 fully saturated rings. The minimum Gasteiger partial charge on any atom is -0.482 e. The summed E-state index contributed by atoms with van der Waals surface area (Å²) in [6.07, 6.45) is 3.28. The van der Waals surface area contributed by atoms with Crippen LogP contribution >= 0.6 is 15.9 Å². The van der Waals surface area contributed by atoms with E-state index >= 15 is 0 Å². The van der Waals surface area contributed by atoms with Crippen molar-refractivity contribution in [3.63, 3.8) is 0 Å². The van der Waals surface area contributed by atoms with Crippen molar-refractivity contribution in [3.05, 3.63) is 22.0 Å². The predicted molar refractivity (Wildman–Crippen MR) is 62.2 cm³/mol. The Kier molecular flexibility index (Phi) is 5.04. The van der Waals surface area contributed by atoms with Crippen LogP contribution in [-0.4, -0.2) is 26.7 Å². The molecule has 1 rings (SSSR count). The van der Waals surface area contributed by atoms with E-state index in [1.807, 2.05) is 0 Å². The Morgan fingerprint density at radius 1 is 1.64 bits per heavy atom. The lowest BCUT2D eigenvalue weighted by atomic mass is 10.2. The second-order valence-corrected chi connectivity index (χ2v) is 4.07. The molecule has 80 valence electrons. The zero-order valence-corrected chi connectivity index (χ0v) is 10.3. The van der Waals surface area contributed by atoms with Gasteiger partial charge >= 0.3 is 0 Å². The van der Waals surface area contributed by atoms with Crippen LogP contribution in [0.5, 0.6) is 0 Å². The molecular weight excluding hydrogens is 244 g/mol.